The van der Waals surface area contributed by atoms with Gasteiger partial charge < -0.3 is 19.2 Å². The SMILES string of the molecule is CCOC(=O)c1c(C)[nH]c(C(=O)[C@@H](C)OC(=O)c2ccccc2OCC)c1C. The Labute approximate surface area is 164 Å². The number of esters is 2. The number of benzene rings is 1. The second-order valence-electron chi connectivity index (χ2n) is 6.19. The minimum atomic E-state index is -1.05. The van der Waals surface area contributed by atoms with E-state index in [-0.39, 0.29) is 17.9 Å². The summed E-state index contributed by atoms with van der Waals surface area (Å²) in [5.74, 6) is -1.19. The lowest BCUT2D eigenvalue weighted by atomic mass is 10.1. The lowest BCUT2D eigenvalue weighted by Crippen LogP contribution is -2.25. The number of ketones is 1. The normalized spacial score (nSPS) is 11.6. The Morgan fingerprint density at radius 1 is 1.04 bits per heavy atom. The molecule has 2 rings (SSSR count). The molecule has 0 aliphatic carbocycles. The molecule has 0 saturated carbocycles. The Kier molecular flexibility index (Phi) is 6.98. The summed E-state index contributed by atoms with van der Waals surface area (Å²) in [5.41, 5.74) is 1.79. The fourth-order valence-corrected chi connectivity index (χ4v) is 2.90. The standard InChI is InChI=1S/C21H25NO6/c1-6-26-16-11-9-8-10-15(16)20(24)28-14(5)19(23)18-12(3)17(13(4)22-18)21(25)27-7-2/h8-11,14,22H,6-7H2,1-5H3/t14-/m1/s1. The number of aromatic amines is 1. The average molecular weight is 387 g/mol. The fourth-order valence-electron chi connectivity index (χ4n) is 2.90. The zero-order chi connectivity index (χ0) is 20.8. The fraction of sp³-hybridized carbons (Fsp3) is 0.381. The molecule has 0 fully saturated rings. The van der Waals surface area contributed by atoms with Gasteiger partial charge in [-0.15, -0.1) is 0 Å². The Balaban J connectivity index is 2.21. The summed E-state index contributed by atoms with van der Waals surface area (Å²) in [6, 6.07) is 6.68. The molecule has 1 aromatic heterocycles. The average Bonchev–Trinajstić information content (AvgIpc) is 2.96. The van der Waals surface area contributed by atoms with Crippen LogP contribution in [0.4, 0.5) is 0 Å². The monoisotopic (exact) mass is 387 g/mol. The van der Waals surface area contributed by atoms with Gasteiger partial charge in [0.05, 0.1) is 24.5 Å². The topological polar surface area (TPSA) is 94.7 Å². The van der Waals surface area contributed by atoms with Gasteiger partial charge in [-0.3, -0.25) is 4.79 Å². The molecule has 0 unspecified atom stereocenters. The van der Waals surface area contributed by atoms with Crippen molar-refractivity contribution in [3.05, 3.63) is 52.3 Å². The molecule has 0 radical (unpaired) electrons. The van der Waals surface area contributed by atoms with Gasteiger partial charge in [0.25, 0.3) is 0 Å². The van der Waals surface area contributed by atoms with Crippen molar-refractivity contribution < 1.29 is 28.6 Å². The molecule has 0 amide bonds. The predicted octanol–water partition coefficient (Wildman–Crippen LogP) is 3.64. The zero-order valence-corrected chi connectivity index (χ0v) is 16.8. The number of nitrogens with one attached hydrogen (secondary N) is 1. The maximum atomic E-state index is 12.8. The number of aromatic nitrogens is 1. The van der Waals surface area contributed by atoms with E-state index in [1.165, 1.54) is 6.92 Å². The summed E-state index contributed by atoms with van der Waals surface area (Å²) >= 11 is 0. The summed E-state index contributed by atoms with van der Waals surface area (Å²) in [6.07, 6.45) is -1.05. The Bertz CT molecular complexity index is 883. The number of hydrogen-bond acceptors (Lipinski definition) is 6. The minimum absolute atomic E-state index is 0.221. The van der Waals surface area contributed by atoms with Crippen molar-refractivity contribution >= 4 is 17.7 Å². The van der Waals surface area contributed by atoms with Gasteiger partial charge in [0.15, 0.2) is 6.10 Å². The summed E-state index contributed by atoms with van der Waals surface area (Å²) in [6.45, 7) is 8.99. The largest absolute Gasteiger partial charge is 0.493 e. The molecular formula is C21H25NO6. The third kappa shape index (κ3) is 4.42. The lowest BCUT2D eigenvalue weighted by Gasteiger charge is -2.14. The smallest absolute Gasteiger partial charge is 0.342 e. The second-order valence-corrected chi connectivity index (χ2v) is 6.19. The third-order valence-corrected chi connectivity index (χ3v) is 4.22. The molecular weight excluding hydrogens is 362 g/mol. The van der Waals surface area contributed by atoms with E-state index in [0.29, 0.717) is 29.2 Å². The number of aryl methyl sites for hydroxylation is 1. The van der Waals surface area contributed by atoms with Gasteiger partial charge in [0.2, 0.25) is 5.78 Å². The molecule has 150 valence electrons. The van der Waals surface area contributed by atoms with Crippen molar-refractivity contribution in [2.75, 3.05) is 13.2 Å². The van der Waals surface area contributed by atoms with Gasteiger partial charge in [-0.1, -0.05) is 12.1 Å². The molecule has 7 nitrogen and oxygen atoms in total. The number of H-pyrrole nitrogens is 1. The first-order valence-corrected chi connectivity index (χ1v) is 9.15. The van der Waals surface area contributed by atoms with Crippen LogP contribution in [-0.2, 0) is 9.47 Å². The number of para-hydroxylation sites is 1. The number of hydrogen-bond donors (Lipinski definition) is 1. The zero-order valence-electron chi connectivity index (χ0n) is 16.8. The summed E-state index contributed by atoms with van der Waals surface area (Å²) in [4.78, 5) is 40.3. The predicted molar refractivity (Wildman–Crippen MR) is 103 cm³/mol. The first kappa shape index (κ1) is 21.2. The quantitative estimate of drug-likeness (QED) is 0.549. The van der Waals surface area contributed by atoms with Gasteiger partial charge >= 0.3 is 11.9 Å². The van der Waals surface area contributed by atoms with Crippen LogP contribution in [-0.4, -0.2) is 42.0 Å². The van der Waals surface area contributed by atoms with Crippen LogP contribution in [0.5, 0.6) is 5.75 Å². The number of carbonyl (C=O) groups excluding carboxylic acids is 3. The number of carbonyl (C=O) groups is 3. The summed E-state index contributed by atoms with van der Waals surface area (Å²) in [7, 11) is 0. The summed E-state index contributed by atoms with van der Waals surface area (Å²) < 4.78 is 15.8. The number of Topliss-reactive ketones (excluding diaryl/α,β-unsaturated/α-hetero) is 1. The van der Waals surface area contributed by atoms with Crippen LogP contribution in [0, 0.1) is 13.8 Å². The molecule has 0 bridgehead atoms. The number of rotatable bonds is 8. The Morgan fingerprint density at radius 2 is 1.71 bits per heavy atom. The lowest BCUT2D eigenvalue weighted by molar-refractivity contribution is 0.0313. The highest BCUT2D eigenvalue weighted by atomic mass is 16.5. The van der Waals surface area contributed by atoms with Crippen LogP contribution in [0.2, 0.25) is 0 Å². The van der Waals surface area contributed by atoms with E-state index < -0.39 is 23.8 Å². The first-order chi connectivity index (χ1) is 13.3. The van der Waals surface area contributed by atoms with Gasteiger partial charge in [-0.2, -0.15) is 0 Å². The van der Waals surface area contributed by atoms with Crippen molar-refractivity contribution in [1.29, 1.82) is 0 Å². The molecule has 1 atom stereocenters. The molecule has 1 heterocycles. The van der Waals surface area contributed by atoms with Crippen LogP contribution in [0.15, 0.2) is 24.3 Å². The van der Waals surface area contributed by atoms with Crippen molar-refractivity contribution in [3.63, 3.8) is 0 Å². The van der Waals surface area contributed by atoms with E-state index in [9.17, 15) is 14.4 Å². The molecule has 0 spiro atoms. The molecule has 0 aliphatic rings. The van der Waals surface area contributed by atoms with Gasteiger partial charge in [0, 0.05) is 5.69 Å². The van der Waals surface area contributed by atoms with Crippen LogP contribution < -0.4 is 4.74 Å². The molecule has 28 heavy (non-hydrogen) atoms. The highest BCUT2D eigenvalue weighted by Crippen LogP contribution is 2.23. The van der Waals surface area contributed by atoms with Crippen molar-refractivity contribution in [2.45, 2.75) is 40.7 Å². The second kappa shape index (κ2) is 9.21. The highest BCUT2D eigenvalue weighted by molar-refractivity contribution is 6.04. The number of ether oxygens (including phenoxy) is 3. The van der Waals surface area contributed by atoms with Crippen LogP contribution >= 0.6 is 0 Å². The van der Waals surface area contributed by atoms with Crippen molar-refractivity contribution in [3.8, 4) is 5.75 Å². The van der Waals surface area contributed by atoms with Gasteiger partial charge in [-0.05, 0) is 52.3 Å². The first-order valence-electron chi connectivity index (χ1n) is 9.15. The van der Waals surface area contributed by atoms with E-state index in [1.807, 2.05) is 6.92 Å². The van der Waals surface area contributed by atoms with E-state index in [0.717, 1.165) is 0 Å². The van der Waals surface area contributed by atoms with Crippen molar-refractivity contribution in [2.24, 2.45) is 0 Å². The maximum Gasteiger partial charge on any atom is 0.342 e. The molecule has 2 aromatic rings. The molecule has 0 saturated heterocycles. The van der Waals surface area contributed by atoms with Gasteiger partial charge in [0.1, 0.15) is 11.3 Å². The van der Waals surface area contributed by atoms with Crippen LogP contribution in [0.25, 0.3) is 0 Å². The van der Waals surface area contributed by atoms with Crippen molar-refractivity contribution in [1.82, 2.24) is 4.98 Å². The molecule has 1 aromatic carbocycles. The van der Waals surface area contributed by atoms with E-state index in [4.69, 9.17) is 14.2 Å². The van der Waals surface area contributed by atoms with E-state index in [2.05, 4.69) is 4.98 Å². The Hall–Kier alpha value is -3.09. The van der Waals surface area contributed by atoms with Crippen LogP contribution in [0.1, 0.15) is 63.2 Å². The highest BCUT2D eigenvalue weighted by Gasteiger charge is 2.28. The maximum absolute atomic E-state index is 12.8. The minimum Gasteiger partial charge on any atom is -0.493 e. The molecule has 1 N–H and O–H groups in total. The summed E-state index contributed by atoms with van der Waals surface area (Å²) in [5, 5.41) is 0. The van der Waals surface area contributed by atoms with E-state index in [1.54, 1.807) is 45.0 Å². The van der Waals surface area contributed by atoms with Crippen LogP contribution in [0.3, 0.4) is 0 Å². The molecule has 0 aliphatic heterocycles. The molecule has 7 heteroatoms. The Morgan fingerprint density at radius 3 is 2.36 bits per heavy atom. The third-order valence-electron chi connectivity index (χ3n) is 4.22. The van der Waals surface area contributed by atoms with Gasteiger partial charge in [-0.25, -0.2) is 9.59 Å². The van der Waals surface area contributed by atoms with E-state index >= 15 is 0 Å².